The second kappa shape index (κ2) is 8.05. The van der Waals surface area contributed by atoms with Crippen LogP contribution in [0.4, 0.5) is 5.95 Å². The second-order valence-corrected chi connectivity index (χ2v) is 5.43. The number of nitrogen functional groups attached to an aromatic ring is 1. The van der Waals surface area contributed by atoms with Crippen LogP contribution in [0.2, 0.25) is 0 Å². The number of carbonyl (C=O) groups excluding carboxylic acids is 1. The fourth-order valence-electron chi connectivity index (χ4n) is 2.07. The van der Waals surface area contributed by atoms with Crippen LogP contribution >= 0.6 is 0 Å². The SMILES string of the molecule is CN(C)Cc1ccccc1CNC(=O)C=Cc1cnc(N)nc1. The van der Waals surface area contributed by atoms with Crippen LogP contribution in [0.1, 0.15) is 16.7 Å². The number of hydrogen-bond donors (Lipinski definition) is 2. The molecule has 1 amide bonds. The van der Waals surface area contributed by atoms with Crippen molar-refractivity contribution in [1.82, 2.24) is 20.2 Å². The first-order chi connectivity index (χ1) is 11.0. The molecule has 0 unspecified atom stereocenters. The lowest BCUT2D eigenvalue weighted by molar-refractivity contribution is -0.116. The third-order valence-electron chi connectivity index (χ3n) is 3.18. The van der Waals surface area contributed by atoms with Gasteiger partial charge in [0.2, 0.25) is 11.9 Å². The van der Waals surface area contributed by atoms with Gasteiger partial charge in [-0.05, 0) is 31.3 Å². The minimum Gasteiger partial charge on any atom is -0.368 e. The Hall–Kier alpha value is -2.73. The molecule has 0 bridgehead atoms. The van der Waals surface area contributed by atoms with E-state index >= 15 is 0 Å². The number of anilines is 1. The molecule has 0 spiro atoms. The minimum atomic E-state index is -0.165. The molecule has 0 aliphatic rings. The molecule has 0 radical (unpaired) electrons. The van der Waals surface area contributed by atoms with Crippen LogP contribution in [0, 0.1) is 0 Å². The van der Waals surface area contributed by atoms with Crippen molar-refractivity contribution in [2.45, 2.75) is 13.1 Å². The lowest BCUT2D eigenvalue weighted by Gasteiger charge is -2.14. The smallest absolute Gasteiger partial charge is 0.244 e. The zero-order valence-electron chi connectivity index (χ0n) is 13.4. The van der Waals surface area contributed by atoms with Crippen molar-refractivity contribution in [3.63, 3.8) is 0 Å². The monoisotopic (exact) mass is 311 g/mol. The van der Waals surface area contributed by atoms with E-state index in [0.717, 1.165) is 17.7 Å². The van der Waals surface area contributed by atoms with Gasteiger partial charge in [0.15, 0.2) is 0 Å². The van der Waals surface area contributed by atoms with Crippen molar-refractivity contribution >= 4 is 17.9 Å². The van der Waals surface area contributed by atoms with Gasteiger partial charge in [0, 0.05) is 37.1 Å². The van der Waals surface area contributed by atoms with E-state index in [2.05, 4.69) is 26.3 Å². The van der Waals surface area contributed by atoms with Gasteiger partial charge in [0.05, 0.1) is 0 Å². The average Bonchev–Trinajstić information content (AvgIpc) is 2.53. The van der Waals surface area contributed by atoms with E-state index in [0.29, 0.717) is 6.54 Å². The maximum Gasteiger partial charge on any atom is 0.244 e. The van der Waals surface area contributed by atoms with Gasteiger partial charge in [0.25, 0.3) is 0 Å². The molecule has 2 rings (SSSR count). The molecule has 0 aliphatic heterocycles. The molecule has 0 saturated carbocycles. The van der Waals surface area contributed by atoms with E-state index in [-0.39, 0.29) is 11.9 Å². The van der Waals surface area contributed by atoms with Gasteiger partial charge in [-0.25, -0.2) is 9.97 Å². The first-order valence-electron chi connectivity index (χ1n) is 7.29. The van der Waals surface area contributed by atoms with Crippen molar-refractivity contribution in [1.29, 1.82) is 0 Å². The fraction of sp³-hybridized carbons (Fsp3) is 0.235. The number of benzene rings is 1. The fourth-order valence-corrected chi connectivity index (χ4v) is 2.07. The zero-order valence-corrected chi connectivity index (χ0v) is 13.4. The molecule has 0 aliphatic carbocycles. The summed E-state index contributed by atoms with van der Waals surface area (Å²) in [6.07, 6.45) is 6.25. The number of nitrogens with one attached hydrogen (secondary N) is 1. The molecular formula is C17H21N5O. The van der Waals surface area contributed by atoms with Gasteiger partial charge >= 0.3 is 0 Å². The number of aromatic nitrogens is 2. The van der Waals surface area contributed by atoms with Crippen molar-refractivity contribution in [3.8, 4) is 0 Å². The molecular weight excluding hydrogens is 290 g/mol. The molecule has 23 heavy (non-hydrogen) atoms. The molecule has 1 aromatic carbocycles. The Morgan fingerprint density at radius 2 is 1.87 bits per heavy atom. The highest BCUT2D eigenvalue weighted by Gasteiger charge is 2.04. The predicted octanol–water partition coefficient (Wildman–Crippen LogP) is 1.45. The molecule has 6 nitrogen and oxygen atoms in total. The van der Waals surface area contributed by atoms with Crippen LogP contribution in [0.3, 0.4) is 0 Å². The van der Waals surface area contributed by atoms with Gasteiger partial charge in [-0.3, -0.25) is 4.79 Å². The number of hydrogen-bond acceptors (Lipinski definition) is 5. The molecule has 0 fully saturated rings. The summed E-state index contributed by atoms with van der Waals surface area (Å²) in [5.74, 6) is 0.0468. The van der Waals surface area contributed by atoms with Crippen LogP contribution in [0.5, 0.6) is 0 Å². The summed E-state index contributed by atoms with van der Waals surface area (Å²) in [5.41, 5.74) is 8.45. The predicted molar refractivity (Wildman–Crippen MR) is 91.2 cm³/mol. The van der Waals surface area contributed by atoms with Crippen LogP contribution in [0.25, 0.3) is 6.08 Å². The standard InChI is InChI=1S/C17H21N5O/c1-22(2)12-15-6-4-3-5-14(15)11-19-16(23)8-7-13-9-20-17(18)21-10-13/h3-10H,11-12H2,1-2H3,(H,19,23)(H2,18,20,21). The summed E-state index contributed by atoms with van der Waals surface area (Å²) in [7, 11) is 4.04. The Bertz CT molecular complexity index is 680. The van der Waals surface area contributed by atoms with Crippen molar-refractivity contribution < 1.29 is 4.79 Å². The van der Waals surface area contributed by atoms with Gasteiger partial charge < -0.3 is 16.0 Å². The molecule has 2 aromatic rings. The van der Waals surface area contributed by atoms with E-state index in [1.807, 2.05) is 32.3 Å². The molecule has 1 aromatic heterocycles. The highest BCUT2D eigenvalue weighted by molar-refractivity contribution is 5.91. The average molecular weight is 311 g/mol. The van der Waals surface area contributed by atoms with Gasteiger partial charge in [-0.2, -0.15) is 0 Å². The van der Waals surface area contributed by atoms with Gasteiger partial charge in [-0.15, -0.1) is 0 Å². The van der Waals surface area contributed by atoms with Gasteiger partial charge in [-0.1, -0.05) is 24.3 Å². The quantitative estimate of drug-likeness (QED) is 0.789. The van der Waals surface area contributed by atoms with Crippen molar-refractivity contribution in [2.75, 3.05) is 19.8 Å². The topological polar surface area (TPSA) is 84.1 Å². The maximum atomic E-state index is 11.9. The summed E-state index contributed by atoms with van der Waals surface area (Å²) < 4.78 is 0. The number of nitrogens with two attached hydrogens (primary N) is 1. The van der Waals surface area contributed by atoms with E-state index in [1.165, 1.54) is 11.6 Å². The Morgan fingerprint density at radius 3 is 2.52 bits per heavy atom. The van der Waals surface area contributed by atoms with Gasteiger partial charge in [0.1, 0.15) is 0 Å². The van der Waals surface area contributed by atoms with Crippen LogP contribution < -0.4 is 11.1 Å². The zero-order chi connectivity index (χ0) is 16.7. The minimum absolute atomic E-state index is 0.165. The van der Waals surface area contributed by atoms with E-state index in [1.54, 1.807) is 18.5 Å². The number of amides is 1. The largest absolute Gasteiger partial charge is 0.368 e. The first kappa shape index (κ1) is 16.6. The first-order valence-corrected chi connectivity index (χ1v) is 7.29. The van der Waals surface area contributed by atoms with E-state index in [9.17, 15) is 4.79 Å². The van der Waals surface area contributed by atoms with Crippen LogP contribution in [-0.2, 0) is 17.9 Å². The lowest BCUT2D eigenvalue weighted by atomic mass is 10.1. The highest BCUT2D eigenvalue weighted by atomic mass is 16.1. The van der Waals surface area contributed by atoms with E-state index < -0.39 is 0 Å². The Kier molecular flexibility index (Phi) is 5.82. The Balaban J connectivity index is 1.93. The number of nitrogens with zero attached hydrogens (tertiary/aromatic N) is 3. The molecule has 3 N–H and O–H groups in total. The maximum absolute atomic E-state index is 11.9. The summed E-state index contributed by atoms with van der Waals surface area (Å²) >= 11 is 0. The van der Waals surface area contributed by atoms with E-state index in [4.69, 9.17) is 5.73 Å². The Labute approximate surface area is 136 Å². The molecule has 1 heterocycles. The Morgan fingerprint density at radius 1 is 1.22 bits per heavy atom. The van der Waals surface area contributed by atoms with Crippen LogP contribution in [0.15, 0.2) is 42.7 Å². The molecule has 6 heteroatoms. The van der Waals surface area contributed by atoms with Crippen molar-refractivity contribution in [2.24, 2.45) is 0 Å². The third kappa shape index (κ3) is 5.52. The van der Waals surface area contributed by atoms with Crippen molar-refractivity contribution in [3.05, 3.63) is 59.4 Å². The lowest BCUT2D eigenvalue weighted by Crippen LogP contribution is -2.22. The second-order valence-electron chi connectivity index (χ2n) is 5.43. The molecule has 120 valence electrons. The van der Waals surface area contributed by atoms with Crippen LogP contribution in [-0.4, -0.2) is 34.9 Å². The summed E-state index contributed by atoms with van der Waals surface area (Å²) in [4.78, 5) is 21.8. The summed E-state index contributed by atoms with van der Waals surface area (Å²) in [6.45, 7) is 1.33. The normalized spacial score (nSPS) is 11.1. The molecule has 0 saturated heterocycles. The highest BCUT2D eigenvalue weighted by Crippen LogP contribution is 2.10. The third-order valence-corrected chi connectivity index (χ3v) is 3.18. The summed E-state index contributed by atoms with van der Waals surface area (Å²) in [6, 6.07) is 8.08. The number of rotatable bonds is 6. The molecule has 0 atom stereocenters. The summed E-state index contributed by atoms with van der Waals surface area (Å²) in [5, 5.41) is 2.88. The number of carbonyl (C=O) groups is 1.